The molecule has 1 unspecified atom stereocenters. The van der Waals surface area contributed by atoms with Gasteiger partial charge in [-0.3, -0.25) is 4.79 Å². The Bertz CT molecular complexity index is 217. The molecule has 0 aromatic rings. The molecule has 0 fully saturated rings. The summed E-state index contributed by atoms with van der Waals surface area (Å²) in [5.41, 5.74) is 0. The minimum atomic E-state index is -1.39. The Balaban J connectivity index is 3.59. The van der Waals surface area contributed by atoms with E-state index in [9.17, 15) is 9.59 Å². The number of hydrogen-bond acceptors (Lipinski definition) is 3. The van der Waals surface area contributed by atoms with Crippen LogP contribution in [0.4, 0.5) is 0 Å². The molecule has 0 aliphatic rings. The summed E-state index contributed by atoms with van der Waals surface area (Å²) in [5.74, 6) is -1.03. The Labute approximate surface area is 89.5 Å². The van der Waals surface area contributed by atoms with Gasteiger partial charge in [0, 0.05) is 19.4 Å². The van der Waals surface area contributed by atoms with Crippen molar-refractivity contribution >= 4 is 11.9 Å². The van der Waals surface area contributed by atoms with Crippen LogP contribution in [0, 0.1) is 5.92 Å². The minimum absolute atomic E-state index is 0.0432. The Hall–Kier alpha value is -1.10. The van der Waals surface area contributed by atoms with Gasteiger partial charge in [-0.15, -0.1) is 0 Å². The van der Waals surface area contributed by atoms with Gasteiger partial charge in [0.1, 0.15) is 0 Å². The van der Waals surface area contributed by atoms with Crippen molar-refractivity contribution in [2.75, 3.05) is 6.54 Å². The van der Waals surface area contributed by atoms with E-state index in [0.717, 1.165) is 6.42 Å². The standard InChI is InChI=1S/C10H19NO4/c1-3-7(2)6-9(13)11-5-4-8(12)10(14)15/h7-8,12H,3-6H2,1-2H3,(H,11,13)(H,14,15)/t7?,8-/m0/s1. The van der Waals surface area contributed by atoms with Crippen molar-refractivity contribution in [2.24, 2.45) is 5.92 Å². The van der Waals surface area contributed by atoms with Gasteiger partial charge in [0.25, 0.3) is 0 Å². The smallest absolute Gasteiger partial charge is 0.332 e. The van der Waals surface area contributed by atoms with E-state index in [0.29, 0.717) is 12.3 Å². The van der Waals surface area contributed by atoms with E-state index in [4.69, 9.17) is 10.2 Å². The van der Waals surface area contributed by atoms with Crippen LogP contribution < -0.4 is 5.32 Å². The molecule has 3 N–H and O–H groups in total. The first-order valence-electron chi connectivity index (χ1n) is 5.15. The summed E-state index contributed by atoms with van der Waals surface area (Å²) in [6, 6.07) is 0. The molecule has 0 aromatic heterocycles. The van der Waals surface area contributed by atoms with Crippen molar-refractivity contribution in [3.8, 4) is 0 Å². The number of aliphatic hydroxyl groups excluding tert-OH is 1. The van der Waals surface area contributed by atoms with Gasteiger partial charge >= 0.3 is 5.97 Å². The number of aliphatic carboxylic acids is 1. The molecule has 0 radical (unpaired) electrons. The van der Waals surface area contributed by atoms with Crippen LogP contribution in [0.15, 0.2) is 0 Å². The molecule has 0 saturated heterocycles. The number of nitrogens with one attached hydrogen (secondary N) is 1. The van der Waals surface area contributed by atoms with Crippen LogP contribution in [0.2, 0.25) is 0 Å². The number of rotatable bonds is 7. The number of aliphatic hydroxyl groups is 1. The molecule has 15 heavy (non-hydrogen) atoms. The average Bonchev–Trinajstić information content (AvgIpc) is 2.17. The second-order valence-corrected chi connectivity index (χ2v) is 3.71. The van der Waals surface area contributed by atoms with E-state index in [1.165, 1.54) is 0 Å². The maximum Gasteiger partial charge on any atom is 0.332 e. The van der Waals surface area contributed by atoms with E-state index < -0.39 is 12.1 Å². The van der Waals surface area contributed by atoms with Gasteiger partial charge in [0.2, 0.25) is 5.91 Å². The molecule has 0 spiro atoms. The molecule has 5 nitrogen and oxygen atoms in total. The topological polar surface area (TPSA) is 86.6 Å². The van der Waals surface area contributed by atoms with Crippen LogP contribution >= 0.6 is 0 Å². The Morgan fingerprint density at radius 2 is 2.00 bits per heavy atom. The van der Waals surface area contributed by atoms with Crippen LogP contribution in [0.25, 0.3) is 0 Å². The number of carboxylic acid groups (broad SMARTS) is 1. The molecule has 1 amide bonds. The molecule has 88 valence electrons. The second-order valence-electron chi connectivity index (χ2n) is 3.71. The molecule has 2 atom stereocenters. The predicted molar refractivity (Wildman–Crippen MR) is 55.3 cm³/mol. The second kappa shape index (κ2) is 7.23. The molecule has 0 aliphatic carbocycles. The third-order valence-electron chi connectivity index (χ3n) is 2.26. The molecule has 0 rings (SSSR count). The highest BCUT2D eigenvalue weighted by molar-refractivity contribution is 5.76. The first-order chi connectivity index (χ1) is 6.97. The quantitative estimate of drug-likeness (QED) is 0.575. The normalized spacial score (nSPS) is 14.3. The van der Waals surface area contributed by atoms with E-state index >= 15 is 0 Å². The highest BCUT2D eigenvalue weighted by Gasteiger charge is 2.13. The van der Waals surface area contributed by atoms with E-state index in [-0.39, 0.29) is 18.9 Å². The molecule has 0 bridgehead atoms. The van der Waals surface area contributed by atoms with Crippen molar-refractivity contribution in [2.45, 2.75) is 39.2 Å². The first kappa shape index (κ1) is 13.9. The third-order valence-corrected chi connectivity index (χ3v) is 2.26. The fourth-order valence-electron chi connectivity index (χ4n) is 1.00. The zero-order valence-corrected chi connectivity index (χ0v) is 9.19. The predicted octanol–water partition coefficient (Wildman–Crippen LogP) is 0.374. The van der Waals surface area contributed by atoms with Gasteiger partial charge in [0.15, 0.2) is 6.10 Å². The highest BCUT2D eigenvalue weighted by atomic mass is 16.4. The van der Waals surface area contributed by atoms with Crippen LogP contribution in [0.1, 0.15) is 33.1 Å². The van der Waals surface area contributed by atoms with Gasteiger partial charge in [-0.2, -0.15) is 0 Å². The minimum Gasteiger partial charge on any atom is -0.479 e. The van der Waals surface area contributed by atoms with Crippen LogP contribution in [0.5, 0.6) is 0 Å². The van der Waals surface area contributed by atoms with E-state index in [1.807, 2.05) is 13.8 Å². The largest absolute Gasteiger partial charge is 0.479 e. The van der Waals surface area contributed by atoms with Crippen LogP contribution in [0.3, 0.4) is 0 Å². The molecule has 0 aliphatic heterocycles. The number of carboxylic acids is 1. The first-order valence-corrected chi connectivity index (χ1v) is 5.15. The molecular formula is C10H19NO4. The molecule has 0 saturated carbocycles. The summed E-state index contributed by atoms with van der Waals surface area (Å²) in [6.07, 6.45) is 0.0285. The van der Waals surface area contributed by atoms with Crippen molar-refractivity contribution in [3.05, 3.63) is 0 Å². The van der Waals surface area contributed by atoms with Crippen LogP contribution in [-0.4, -0.2) is 34.7 Å². The fourth-order valence-corrected chi connectivity index (χ4v) is 1.00. The van der Waals surface area contributed by atoms with Gasteiger partial charge in [-0.05, 0) is 5.92 Å². The van der Waals surface area contributed by atoms with Gasteiger partial charge in [-0.1, -0.05) is 20.3 Å². The monoisotopic (exact) mass is 217 g/mol. The van der Waals surface area contributed by atoms with Crippen molar-refractivity contribution < 1.29 is 19.8 Å². The van der Waals surface area contributed by atoms with Crippen molar-refractivity contribution in [1.82, 2.24) is 5.32 Å². The van der Waals surface area contributed by atoms with Crippen molar-refractivity contribution in [1.29, 1.82) is 0 Å². The maximum absolute atomic E-state index is 11.2. The lowest BCUT2D eigenvalue weighted by atomic mass is 10.1. The Morgan fingerprint density at radius 1 is 1.40 bits per heavy atom. The molecular weight excluding hydrogens is 198 g/mol. The summed E-state index contributed by atoms with van der Waals surface area (Å²) < 4.78 is 0. The lowest BCUT2D eigenvalue weighted by molar-refractivity contribution is -0.147. The average molecular weight is 217 g/mol. The summed E-state index contributed by atoms with van der Waals surface area (Å²) >= 11 is 0. The summed E-state index contributed by atoms with van der Waals surface area (Å²) in [7, 11) is 0. The third kappa shape index (κ3) is 6.90. The zero-order valence-electron chi connectivity index (χ0n) is 9.19. The van der Waals surface area contributed by atoms with Crippen LogP contribution in [-0.2, 0) is 9.59 Å². The molecule has 0 heterocycles. The molecule has 5 heteroatoms. The zero-order chi connectivity index (χ0) is 11.8. The summed E-state index contributed by atoms with van der Waals surface area (Å²) in [5, 5.41) is 19.9. The lowest BCUT2D eigenvalue weighted by Crippen LogP contribution is -2.30. The van der Waals surface area contributed by atoms with Crippen molar-refractivity contribution in [3.63, 3.8) is 0 Å². The van der Waals surface area contributed by atoms with Gasteiger partial charge in [0.05, 0.1) is 0 Å². The lowest BCUT2D eigenvalue weighted by Gasteiger charge is -2.10. The fraction of sp³-hybridized carbons (Fsp3) is 0.800. The highest BCUT2D eigenvalue weighted by Crippen LogP contribution is 2.05. The van der Waals surface area contributed by atoms with Gasteiger partial charge in [-0.25, -0.2) is 4.79 Å². The summed E-state index contributed by atoms with van der Waals surface area (Å²) in [6.45, 7) is 4.18. The SMILES string of the molecule is CCC(C)CC(=O)NCC[C@H](O)C(=O)O. The number of carbonyl (C=O) groups excluding carboxylic acids is 1. The Morgan fingerprint density at radius 3 is 2.47 bits per heavy atom. The number of carbonyl (C=O) groups is 2. The molecule has 0 aromatic carbocycles. The van der Waals surface area contributed by atoms with Gasteiger partial charge < -0.3 is 15.5 Å². The van der Waals surface area contributed by atoms with E-state index in [2.05, 4.69) is 5.32 Å². The van der Waals surface area contributed by atoms with E-state index in [1.54, 1.807) is 0 Å². The number of hydrogen-bond donors (Lipinski definition) is 3. The maximum atomic E-state index is 11.2. The Kier molecular flexibility index (Phi) is 6.70. The number of amides is 1. The summed E-state index contributed by atoms with van der Waals surface area (Å²) in [4.78, 5) is 21.5.